The van der Waals surface area contributed by atoms with Gasteiger partial charge >= 0.3 is 0 Å². The Morgan fingerprint density at radius 3 is 2.11 bits per heavy atom. The van der Waals surface area contributed by atoms with Crippen LogP contribution in [0.1, 0.15) is 0 Å². The number of anilines is 1. The molecule has 0 bridgehead atoms. The van der Waals surface area contributed by atoms with Crippen molar-refractivity contribution in [2.24, 2.45) is 0 Å². The topological polar surface area (TPSA) is 46.6 Å². The lowest BCUT2D eigenvalue weighted by Gasteiger charge is -2.14. The van der Waals surface area contributed by atoms with Crippen molar-refractivity contribution in [3.63, 3.8) is 0 Å². The van der Waals surface area contributed by atoms with Crippen LogP contribution in [0, 0.1) is 0 Å². The Balaban J connectivity index is 2.22. The summed E-state index contributed by atoms with van der Waals surface area (Å²) < 4.78 is 5.30. The van der Waals surface area contributed by atoms with Crippen molar-refractivity contribution in [2.75, 3.05) is 11.5 Å². The summed E-state index contributed by atoms with van der Waals surface area (Å²) in [5.41, 5.74) is 0.384. The fourth-order valence-electron chi connectivity index (χ4n) is 1.56. The van der Waals surface area contributed by atoms with E-state index >= 15 is 0 Å². The minimum Gasteiger partial charge on any atom is -0.490 e. The maximum absolute atomic E-state index is 11.8. The van der Waals surface area contributed by atoms with Crippen molar-refractivity contribution in [1.82, 2.24) is 0 Å². The number of carbonyl (C=O) groups excluding carboxylic acids is 2. The van der Waals surface area contributed by atoms with Gasteiger partial charge in [-0.15, -0.1) is 0 Å². The molecule has 0 N–H and O–H groups in total. The second-order valence-corrected chi connectivity index (χ2v) is 4.42. The first-order valence-electron chi connectivity index (χ1n) is 5.34. The first-order valence-corrected chi connectivity index (χ1v) is 6.09. The van der Waals surface area contributed by atoms with Crippen molar-refractivity contribution < 1.29 is 14.3 Å². The minimum absolute atomic E-state index is 0.265. The maximum atomic E-state index is 11.8. The van der Waals surface area contributed by atoms with E-state index < -0.39 is 11.8 Å². The Labute approximate surface area is 119 Å². The molecule has 98 valence electrons. The van der Waals surface area contributed by atoms with Crippen LogP contribution in [-0.4, -0.2) is 18.4 Å². The van der Waals surface area contributed by atoms with Crippen LogP contribution in [0.2, 0.25) is 0 Å². The van der Waals surface area contributed by atoms with Gasteiger partial charge in [-0.05, 0) is 24.3 Å². The number of hydrogen-bond donors (Lipinski definition) is 0. The molecule has 0 fully saturated rings. The quantitative estimate of drug-likeness (QED) is 0.634. The molecule has 4 nitrogen and oxygen atoms in total. The summed E-state index contributed by atoms with van der Waals surface area (Å²) >= 11 is 11.3. The van der Waals surface area contributed by atoms with Gasteiger partial charge in [-0.25, -0.2) is 4.90 Å². The smallest absolute Gasteiger partial charge is 0.278 e. The molecule has 0 saturated heterocycles. The SMILES string of the molecule is C=CCOc1ccc(N2C(=O)C(Cl)=C(Cl)C2=O)cc1. The molecule has 0 aromatic heterocycles. The number of benzene rings is 1. The van der Waals surface area contributed by atoms with Crippen molar-refractivity contribution in [3.05, 3.63) is 47.0 Å². The largest absolute Gasteiger partial charge is 0.490 e. The van der Waals surface area contributed by atoms with Gasteiger partial charge in [-0.3, -0.25) is 9.59 Å². The maximum Gasteiger partial charge on any atom is 0.278 e. The Hall–Kier alpha value is -1.78. The van der Waals surface area contributed by atoms with E-state index in [4.69, 9.17) is 27.9 Å². The Morgan fingerprint density at radius 1 is 1.11 bits per heavy atom. The fraction of sp³-hybridized carbons (Fsp3) is 0.0769. The van der Waals surface area contributed by atoms with Gasteiger partial charge in [-0.2, -0.15) is 0 Å². The minimum atomic E-state index is -0.628. The van der Waals surface area contributed by atoms with E-state index in [9.17, 15) is 9.59 Å². The molecule has 1 aliphatic rings. The zero-order valence-corrected chi connectivity index (χ0v) is 11.2. The monoisotopic (exact) mass is 297 g/mol. The molecule has 1 aromatic carbocycles. The molecule has 0 spiro atoms. The first kappa shape index (κ1) is 13.6. The highest BCUT2D eigenvalue weighted by molar-refractivity contribution is 6.62. The highest BCUT2D eigenvalue weighted by Gasteiger charge is 2.37. The van der Waals surface area contributed by atoms with Crippen LogP contribution >= 0.6 is 23.2 Å². The highest BCUT2D eigenvalue weighted by Crippen LogP contribution is 2.31. The highest BCUT2D eigenvalue weighted by atomic mass is 35.5. The molecule has 1 aromatic rings. The normalized spacial score (nSPS) is 15.2. The van der Waals surface area contributed by atoms with Crippen molar-refractivity contribution in [1.29, 1.82) is 0 Å². The van der Waals surface area contributed by atoms with Crippen LogP contribution < -0.4 is 9.64 Å². The zero-order chi connectivity index (χ0) is 14.0. The third kappa shape index (κ3) is 2.50. The predicted molar refractivity (Wildman–Crippen MR) is 73.4 cm³/mol. The fourth-order valence-corrected chi connectivity index (χ4v) is 1.89. The molecule has 0 aliphatic carbocycles. The molecule has 0 saturated carbocycles. The summed E-state index contributed by atoms with van der Waals surface area (Å²) in [6.45, 7) is 3.91. The average molecular weight is 298 g/mol. The molecule has 0 radical (unpaired) electrons. The molecule has 1 aliphatic heterocycles. The molecule has 0 unspecified atom stereocenters. The zero-order valence-electron chi connectivity index (χ0n) is 9.73. The van der Waals surface area contributed by atoms with Gasteiger partial charge in [0.25, 0.3) is 11.8 Å². The summed E-state index contributed by atoms with van der Waals surface area (Å²) in [5.74, 6) is -0.652. The number of nitrogens with zero attached hydrogens (tertiary/aromatic N) is 1. The van der Waals surface area contributed by atoms with Gasteiger partial charge in [0, 0.05) is 0 Å². The lowest BCUT2D eigenvalue weighted by Crippen LogP contribution is -2.30. The van der Waals surface area contributed by atoms with Crippen molar-refractivity contribution in [3.8, 4) is 5.75 Å². The predicted octanol–water partition coefficient (Wildman–Crippen LogP) is 2.81. The molecule has 6 heteroatoms. The third-order valence-corrected chi connectivity index (χ3v) is 3.24. The summed E-state index contributed by atoms with van der Waals surface area (Å²) in [6.07, 6.45) is 1.62. The van der Waals surface area contributed by atoms with E-state index in [1.807, 2.05) is 0 Å². The van der Waals surface area contributed by atoms with Gasteiger partial charge in [0.1, 0.15) is 22.4 Å². The van der Waals surface area contributed by atoms with Crippen LogP contribution in [0.25, 0.3) is 0 Å². The van der Waals surface area contributed by atoms with Crippen LogP contribution in [0.15, 0.2) is 47.0 Å². The van der Waals surface area contributed by atoms with Gasteiger partial charge < -0.3 is 4.74 Å². The van der Waals surface area contributed by atoms with E-state index in [1.165, 1.54) is 0 Å². The van der Waals surface area contributed by atoms with Gasteiger partial charge in [0.2, 0.25) is 0 Å². The number of hydrogen-bond acceptors (Lipinski definition) is 3. The second-order valence-electron chi connectivity index (χ2n) is 3.67. The Morgan fingerprint density at radius 2 is 1.63 bits per heavy atom. The van der Waals surface area contributed by atoms with E-state index in [2.05, 4.69) is 6.58 Å². The van der Waals surface area contributed by atoms with Crippen LogP contribution in [0.3, 0.4) is 0 Å². The molecule has 2 rings (SSSR count). The van der Waals surface area contributed by atoms with E-state index in [-0.39, 0.29) is 10.1 Å². The van der Waals surface area contributed by atoms with Gasteiger partial charge in [0.15, 0.2) is 0 Å². The summed E-state index contributed by atoms with van der Waals surface area (Å²) in [7, 11) is 0. The van der Waals surface area contributed by atoms with Gasteiger partial charge in [0.05, 0.1) is 5.69 Å². The van der Waals surface area contributed by atoms with Crippen molar-refractivity contribution in [2.45, 2.75) is 0 Å². The lowest BCUT2D eigenvalue weighted by molar-refractivity contribution is -0.120. The molecule has 2 amide bonds. The standard InChI is InChI=1S/C13H9Cl2NO3/c1-2-7-19-9-5-3-8(4-6-9)16-12(17)10(14)11(15)13(16)18/h2-6H,1,7H2. The molecule has 0 atom stereocenters. The van der Waals surface area contributed by atoms with Crippen LogP contribution in [0.5, 0.6) is 5.75 Å². The van der Waals surface area contributed by atoms with E-state index in [0.717, 1.165) is 4.90 Å². The third-order valence-electron chi connectivity index (χ3n) is 2.44. The molecular formula is C13H9Cl2NO3. The van der Waals surface area contributed by atoms with E-state index in [1.54, 1.807) is 30.3 Å². The number of imide groups is 1. The number of halogens is 2. The Kier molecular flexibility index (Phi) is 3.93. The first-order chi connectivity index (χ1) is 9.06. The number of amides is 2. The number of rotatable bonds is 4. The van der Waals surface area contributed by atoms with Gasteiger partial charge in [-0.1, -0.05) is 35.9 Å². The molecular weight excluding hydrogens is 289 g/mol. The Bertz CT molecular complexity index is 554. The lowest BCUT2D eigenvalue weighted by atomic mass is 10.3. The summed E-state index contributed by atoms with van der Waals surface area (Å²) in [5, 5.41) is -0.530. The molecule has 19 heavy (non-hydrogen) atoms. The number of ether oxygens (including phenoxy) is 1. The average Bonchev–Trinajstić information content (AvgIpc) is 2.62. The van der Waals surface area contributed by atoms with Crippen molar-refractivity contribution >= 4 is 40.7 Å². The summed E-state index contributed by atoms with van der Waals surface area (Å²) in [4.78, 5) is 24.5. The second kappa shape index (κ2) is 5.47. The van der Waals surface area contributed by atoms with Crippen LogP contribution in [-0.2, 0) is 9.59 Å². The van der Waals surface area contributed by atoms with E-state index in [0.29, 0.717) is 18.0 Å². The van der Waals surface area contributed by atoms with Crippen LogP contribution in [0.4, 0.5) is 5.69 Å². The molecule has 1 heterocycles. The summed E-state index contributed by atoms with van der Waals surface area (Å²) in [6, 6.07) is 6.43. The number of carbonyl (C=O) groups is 2.